The van der Waals surface area contributed by atoms with Crippen molar-refractivity contribution in [2.24, 2.45) is 5.92 Å². The molecular weight excluding hydrogens is 371 g/mol. The zero-order valence-corrected chi connectivity index (χ0v) is 14.6. The number of H-pyrrole nitrogens is 1. The van der Waals surface area contributed by atoms with E-state index in [9.17, 15) is 18.0 Å². The summed E-state index contributed by atoms with van der Waals surface area (Å²) in [6.45, 7) is -0.720. The van der Waals surface area contributed by atoms with Crippen molar-refractivity contribution >= 4 is 11.7 Å². The molecule has 28 heavy (non-hydrogen) atoms. The van der Waals surface area contributed by atoms with Gasteiger partial charge in [-0.25, -0.2) is 13.8 Å². The summed E-state index contributed by atoms with van der Waals surface area (Å²) < 4.78 is 41.7. The predicted molar refractivity (Wildman–Crippen MR) is 95.1 cm³/mol. The number of hydrogen-bond donors (Lipinski definition) is 1. The standard InChI is InChI=1S/C19H16F3N5O/c20-16-2-1-12(10-24-16)7-14-9-19(21,22)11-27(18(14)28)17-8-15(25-26-17)13-3-5-23-6-4-13/h1-6,8,10,14H,7,9,11H2,(H,25,26)/t14-/m0/s1. The molecule has 1 fully saturated rings. The van der Waals surface area contributed by atoms with Crippen molar-refractivity contribution in [3.05, 3.63) is 60.4 Å². The number of anilines is 1. The van der Waals surface area contributed by atoms with Gasteiger partial charge < -0.3 is 0 Å². The summed E-state index contributed by atoms with van der Waals surface area (Å²) in [4.78, 5) is 21.3. The van der Waals surface area contributed by atoms with Crippen LogP contribution in [0.25, 0.3) is 11.3 Å². The Bertz CT molecular complexity index is 975. The van der Waals surface area contributed by atoms with E-state index < -0.39 is 36.7 Å². The number of pyridine rings is 2. The van der Waals surface area contributed by atoms with E-state index >= 15 is 0 Å². The molecule has 3 aromatic rings. The van der Waals surface area contributed by atoms with Gasteiger partial charge in [-0.2, -0.15) is 9.49 Å². The second-order valence-corrected chi connectivity index (χ2v) is 6.75. The second-order valence-electron chi connectivity index (χ2n) is 6.75. The summed E-state index contributed by atoms with van der Waals surface area (Å²) in [6.07, 6.45) is 3.94. The Kier molecular flexibility index (Phi) is 4.58. The molecule has 1 aliphatic rings. The summed E-state index contributed by atoms with van der Waals surface area (Å²) in [5.74, 6) is -4.87. The molecule has 4 heterocycles. The molecule has 1 saturated heterocycles. The predicted octanol–water partition coefficient (Wildman–Crippen LogP) is 3.24. The van der Waals surface area contributed by atoms with Gasteiger partial charge in [0.1, 0.15) is 5.82 Å². The number of rotatable bonds is 4. The Morgan fingerprint density at radius 2 is 2.00 bits per heavy atom. The molecule has 1 aliphatic heterocycles. The summed E-state index contributed by atoms with van der Waals surface area (Å²) in [6, 6.07) is 7.62. The molecule has 0 aromatic carbocycles. The van der Waals surface area contributed by atoms with Crippen LogP contribution in [0, 0.1) is 11.9 Å². The topological polar surface area (TPSA) is 74.8 Å². The first-order chi connectivity index (χ1) is 13.4. The summed E-state index contributed by atoms with van der Waals surface area (Å²) in [7, 11) is 0. The first-order valence-electron chi connectivity index (χ1n) is 8.67. The summed E-state index contributed by atoms with van der Waals surface area (Å²) >= 11 is 0. The minimum atomic E-state index is -3.05. The number of amides is 1. The van der Waals surface area contributed by atoms with Crippen molar-refractivity contribution in [3.8, 4) is 11.3 Å². The Morgan fingerprint density at radius 1 is 1.21 bits per heavy atom. The van der Waals surface area contributed by atoms with Gasteiger partial charge in [-0.1, -0.05) is 6.07 Å². The third-order valence-corrected chi connectivity index (χ3v) is 4.65. The highest BCUT2D eigenvalue weighted by atomic mass is 19.3. The van der Waals surface area contributed by atoms with Crippen LogP contribution in [0.5, 0.6) is 0 Å². The van der Waals surface area contributed by atoms with Crippen LogP contribution in [-0.2, 0) is 11.2 Å². The van der Waals surface area contributed by atoms with Gasteiger partial charge in [0.25, 0.3) is 5.92 Å². The minimum absolute atomic E-state index is 0.0591. The average molecular weight is 387 g/mol. The van der Waals surface area contributed by atoms with Gasteiger partial charge in [-0.05, 0) is 30.2 Å². The van der Waals surface area contributed by atoms with Crippen LogP contribution < -0.4 is 4.90 Å². The molecule has 1 N–H and O–H groups in total. The molecule has 0 spiro atoms. The first-order valence-corrected chi connectivity index (χ1v) is 8.67. The minimum Gasteiger partial charge on any atom is -0.291 e. The lowest BCUT2D eigenvalue weighted by atomic mass is 9.89. The number of halogens is 3. The van der Waals surface area contributed by atoms with Gasteiger partial charge in [0.2, 0.25) is 11.9 Å². The van der Waals surface area contributed by atoms with Crippen LogP contribution in [-0.4, -0.2) is 38.5 Å². The molecular formula is C19H16F3N5O. The normalized spacial score (nSPS) is 19.0. The molecule has 1 atom stereocenters. The quantitative estimate of drug-likeness (QED) is 0.698. The zero-order chi connectivity index (χ0) is 19.7. The van der Waals surface area contributed by atoms with E-state index in [-0.39, 0.29) is 12.2 Å². The maximum Gasteiger partial charge on any atom is 0.266 e. The van der Waals surface area contributed by atoms with E-state index in [1.165, 1.54) is 12.3 Å². The second kappa shape index (κ2) is 7.06. The van der Waals surface area contributed by atoms with E-state index in [4.69, 9.17) is 0 Å². The lowest BCUT2D eigenvalue weighted by Gasteiger charge is -2.36. The Hall–Kier alpha value is -3.23. The van der Waals surface area contributed by atoms with E-state index in [1.807, 2.05) is 0 Å². The third kappa shape index (κ3) is 3.73. The Morgan fingerprint density at radius 3 is 2.71 bits per heavy atom. The van der Waals surface area contributed by atoms with Crippen LogP contribution in [0.4, 0.5) is 19.0 Å². The average Bonchev–Trinajstić information content (AvgIpc) is 3.17. The number of aromatic nitrogens is 4. The van der Waals surface area contributed by atoms with Crippen LogP contribution in [0.15, 0.2) is 48.9 Å². The smallest absolute Gasteiger partial charge is 0.266 e. The van der Waals surface area contributed by atoms with Crippen LogP contribution in [0.1, 0.15) is 12.0 Å². The lowest BCUT2D eigenvalue weighted by molar-refractivity contribution is -0.132. The summed E-state index contributed by atoms with van der Waals surface area (Å²) in [5, 5.41) is 6.79. The largest absolute Gasteiger partial charge is 0.291 e. The highest BCUT2D eigenvalue weighted by Crippen LogP contribution is 2.35. The van der Waals surface area contributed by atoms with Crippen molar-refractivity contribution in [1.82, 2.24) is 20.2 Å². The van der Waals surface area contributed by atoms with E-state index in [0.717, 1.165) is 16.5 Å². The van der Waals surface area contributed by atoms with Crippen molar-refractivity contribution in [1.29, 1.82) is 0 Å². The molecule has 0 unspecified atom stereocenters. The van der Waals surface area contributed by atoms with Crippen LogP contribution in [0.2, 0.25) is 0 Å². The molecule has 0 radical (unpaired) electrons. The number of hydrogen-bond acceptors (Lipinski definition) is 4. The molecule has 0 saturated carbocycles. The van der Waals surface area contributed by atoms with Crippen molar-refractivity contribution in [2.75, 3.05) is 11.4 Å². The molecule has 9 heteroatoms. The number of nitrogens with one attached hydrogen (secondary N) is 1. The van der Waals surface area contributed by atoms with Gasteiger partial charge in [-0.3, -0.25) is 19.8 Å². The van der Waals surface area contributed by atoms with Crippen molar-refractivity contribution in [3.63, 3.8) is 0 Å². The highest BCUT2D eigenvalue weighted by molar-refractivity contribution is 5.96. The van der Waals surface area contributed by atoms with E-state index in [1.54, 1.807) is 30.6 Å². The van der Waals surface area contributed by atoms with Gasteiger partial charge in [0.15, 0.2) is 0 Å². The third-order valence-electron chi connectivity index (χ3n) is 4.65. The zero-order valence-electron chi connectivity index (χ0n) is 14.6. The fourth-order valence-electron chi connectivity index (χ4n) is 3.34. The molecule has 0 aliphatic carbocycles. The van der Waals surface area contributed by atoms with Crippen molar-refractivity contribution < 1.29 is 18.0 Å². The van der Waals surface area contributed by atoms with Crippen molar-refractivity contribution in [2.45, 2.75) is 18.8 Å². The molecule has 4 rings (SSSR count). The Balaban J connectivity index is 1.59. The van der Waals surface area contributed by atoms with Gasteiger partial charge in [0.05, 0.1) is 12.2 Å². The van der Waals surface area contributed by atoms with E-state index in [2.05, 4.69) is 20.2 Å². The SMILES string of the molecule is O=C1[C@@H](Cc2ccc(F)nc2)CC(F)(F)CN1c1cc(-c2ccncc2)n[nH]1. The molecule has 0 bridgehead atoms. The lowest BCUT2D eigenvalue weighted by Crippen LogP contribution is -2.51. The monoisotopic (exact) mass is 387 g/mol. The highest BCUT2D eigenvalue weighted by Gasteiger charge is 2.46. The molecule has 144 valence electrons. The van der Waals surface area contributed by atoms with Crippen LogP contribution in [0.3, 0.4) is 0 Å². The fraction of sp³-hybridized carbons (Fsp3) is 0.263. The molecule has 6 nitrogen and oxygen atoms in total. The number of alkyl halides is 2. The first kappa shape index (κ1) is 18.1. The fourth-order valence-corrected chi connectivity index (χ4v) is 3.34. The maximum atomic E-state index is 14.3. The number of aromatic amines is 1. The van der Waals surface area contributed by atoms with Crippen LogP contribution >= 0.6 is 0 Å². The van der Waals surface area contributed by atoms with Gasteiger partial charge >= 0.3 is 0 Å². The molecule has 1 amide bonds. The number of carbonyl (C=O) groups excluding carboxylic acids is 1. The maximum absolute atomic E-state index is 14.3. The number of piperidine rings is 1. The van der Waals surface area contributed by atoms with Gasteiger partial charge in [-0.15, -0.1) is 0 Å². The Labute approximate surface area is 158 Å². The molecule has 3 aromatic heterocycles. The number of nitrogens with zero attached hydrogens (tertiary/aromatic N) is 4. The number of carbonyl (C=O) groups is 1. The van der Waals surface area contributed by atoms with E-state index in [0.29, 0.717) is 11.3 Å². The summed E-state index contributed by atoms with van der Waals surface area (Å²) in [5.41, 5.74) is 1.81. The van der Waals surface area contributed by atoms with Gasteiger partial charge in [0, 0.05) is 42.6 Å².